The van der Waals surface area contributed by atoms with Crippen LogP contribution in [-0.4, -0.2) is 20.7 Å². The smallest absolute Gasteiger partial charge is 0.232 e. The minimum absolute atomic E-state index is 0.0831. The van der Waals surface area contributed by atoms with Gasteiger partial charge in [-0.1, -0.05) is 151 Å². The molecule has 1 aromatic heterocycles. The molecule has 6 rings (SSSR count). The van der Waals surface area contributed by atoms with Crippen LogP contribution in [0.2, 0.25) is 0 Å². The zero-order valence-electron chi connectivity index (χ0n) is 24.6. The van der Waals surface area contributed by atoms with Gasteiger partial charge in [0, 0.05) is 11.4 Å². The monoisotopic (exact) mass is 594 g/mol. The summed E-state index contributed by atoms with van der Waals surface area (Å²) in [7, 11) is 0. The number of carbonyl (C=O) groups is 1. The number of thioether (sulfide) groups is 1. The van der Waals surface area contributed by atoms with Crippen LogP contribution in [0.25, 0.3) is 5.69 Å². The lowest BCUT2D eigenvalue weighted by atomic mass is 9.90. The quantitative estimate of drug-likeness (QED) is 0.154. The minimum atomic E-state index is -0.474. The Balaban J connectivity index is 1.41. The summed E-state index contributed by atoms with van der Waals surface area (Å²) in [5.41, 5.74) is 6.32. The van der Waals surface area contributed by atoms with Gasteiger partial charge in [0.15, 0.2) is 11.0 Å². The number of benzene rings is 5. The fourth-order valence-corrected chi connectivity index (χ4v) is 6.27. The fraction of sp³-hybridized carbons (Fsp3) is 0.132. The van der Waals surface area contributed by atoms with Gasteiger partial charge in [-0.05, 0) is 47.7 Å². The van der Waals surface area contributed by atoms with E-state index in [1.165, 1.54) is 11.1 Å². The summed E-state index contributed by atoms with van der Waals surface area (Å²) < 4.78 is 2.10. The molecule has 0 aliphatic carbocycles. The molecule has 0 spiro atoms. The third-order valence-corrected chi connectivity index (χ3v) is 8.60. The Morgan fingerprint density at radius 3 is 1.77 bits per heavy atom. The summed E-state index contributed by atoms with van der Waals surface area (Å²) in [5, 5.41) is 13.6. The molecule has 5 aromatic carbocycles. The highest BCUT2D eigenvalue weighted by Crippen LogP contribution is 2.31. The first-order chi connectivity index (χ1) is 21.7. The lowest BCUT2D eigenvalue weighted by molar-refractivity contribution is -0.122. The Morgan fingerprint density at radius 2 is 1.20 bits per heavy atom. The molecule has 1 heterocycles. The topological polar surface area (TPSA) is 59.8 Å². The number of hydrogen-bond donors (Lipinski definition) is 1. The van der Waals surface area contributed by atoms with E-state index >= 15 is 0 Å². The van der Waals surface area contributed by atoms with Crippen molar-refractivity contribution in [2.45, 2.75) is 36.2 Å². The zero-order chi connectivity index (χ0) is 30.1. The average molecular weight is 595 g/mol. The number of nitrogens with zero attached hydrogens (tertiary/aromatic N) is 3. The van der Waals surface area contributed by atoms with Crippen molar-refractivity contribution < 1.29 is 4.79 Å². The van der Waals surface area contributed by atoms with Crippen LogP contribution < -0.4 is 5.32 Å². The number of amides is 1. The predicted octanol–water partition coefficient (Wildman–Crippen LogP) is 8.10. The van der Waals surface area contributed by atoms with E-state index < -0.39 is 12.0 Å². The van der Waals surface area contributed by atoms with Crippen LogP contribution in [-0.2, 0) is 17.0 Å². The van der Waals surface area contributed by atoms with E-state index in [0.717, 1.165) is 33.3 Å². The third-order valence-electron chi connectivity index (χ3n) is 7.60. The van der Waals surface area contributed by atoms with E-state index in [4.69, 9.17) is 5.10 Å². The van der Waals surface area contributed by atoms with Crippen molar-refractivity contribution in [3.05, 3.63) is 179 Å². The number of hydrogen-bond acceptors (Lipinski definition) is 4. The molecule has 218 valence electrons. The first-order valence-electron chi connectivity index (χ1n) is 14.8. The average Bonchev–Trinajstić information content (AvgIpc) is 3.50. The lowest BCUT2D eigenvalue weighted by Crippen LogP contribution is -2.36. The van der Waals surface area contributed by atoms with Crippen molar-refractivity contribution in [2.24, 2.45) is 0 Å². The zero-order valence-corrected chi connectivity index (χ0v) is 25.4. The van der Waals surface area contributed by atoms with E-state index in [0.29, 0.717) is 12.2 Å². The fourth-order valence-electron chi connectivity index (χ4n) is 5.36. The molecule has 0 aliphatic heterocycles. The van der Waals surface area contributed by atoms with Crippen LogP contribution >= 0.6 is 11.8 Å². The molecule has 5 nitrogen and oxygen atoms in total. The van der Waals surface area contributed by atoms with Gasteiger partial charge < -0.3 is 5.32 Å². The van der Waals surface area contributed by atoms with Crippen molar-refractivity contribution in [3.8, 4) is 5.69 Å². The van der Waals surface area contributed by atoms with Gasteiger partial charge in [0.2, 0.25) is 5.91 Å². The van der Waals surface area contributed by atoms with Gasteiger partial charge in [-0.2, -0.15) is 0 Å². The molecule has 0 saturated carbocycles. The summed E-state index contributed by atoms with van der Waals surface area (Å²) in [6.45, 7) is 2.08. The van der Waals surface area contributed by atoms with Gasteiger partial charge in [0.1, 0.15) is 0 Å². The number of nitrogens with one attached hydrogen (secondary N) is 1. The molecule has 1 unspecified atom stereocenters. The summed E-state index contributed by atoms with van der Waals surface area (Å²) >= 11 is 1.64. The molecule has 0 aliphatic rings. The summed E-state index contributed by atoms with van der Waals surface area (Å²) in [5.74, 6) is 0.894. The van der Waals surface area contributed by atoms with Gasteiger partial charge in [-0.3, -0.25) is 9.36 Å². The number of aromatic nitrogens is 3. The van der Waals surface area contributed by atoms with Crippen molar-refractivity contribution in [3.63, 3.8) is 0 Å². The number of rotatable bonds is 11. The Hall–Kier alpha value is -4.94. The van der Waals surface area contributed by atoms with Crippen LogP contribution in [0.5, 0.6) is 0 Å². The predicted molar refractivity (Wildman–Crippen MR) is 178 cm³/mol. The molecule has 1 amide bonds. The lowest BCUT2D eigenvalue weighted by Gasteiger charge is -2.24. The molecule has 44 heavy (non-hydrogen) atoms. The Kier molecular flexibility index (Phi) is 9.29. The standard InChI is InChI=1S/C38H34N4OS/c1-28-22-24-33(25-23-28)42-36(40-41-38(42)44-27-30-16-8-3-9-17-30)34(26-29-14-6-2-7-15-29)39-37(43)35(31-18-10-4-11-19-31)32-20-12-5-13-21-32/h2-25,34-35H,26-27H2,1H3,(H,39,43). The summed E-state index contributed by atoms with van der Waals surface area (Å²) in [6, 6.07) is 48.4. The van der Waals surface area contributed by atoms with Crippen molar-refractivity contribution >= 4 is 17.7 Å². The molecule has 0 bridgehead atoms. The van der Waals surface area contributed by atoms with Crippen LogP contribution in [0, 0.1) is 6.92 Å². The highest BCUT2D eigenvalue weighted by Gasteiger charge is 2.29. The summed E-state index contributed by atoms with van der Waals surface area (Å²) in [6.07, 6.45) is 0.566. The maximum absolute atomic E-state index is 14.4. The maximum Gasteiger partial charge on any atom is 0.232 e. The molecule has 1 N–H and O–H groups in total. The largest absolute Gasteiger partial charge is 0.345 e. The highest BCUT2D eigenvalue weighted by atomic mass is 32.2. The van der Waals surface area contributed by atoms with Gasteiger partial charge in [0.05, 0.1) is 12.0 Å². The van der Waals surface area contributed by atoms with Crippen molar-refractivity contribution in [2.75, 3.05) is 0 Å². The molecular weight excluding hydrogens is 561 g/mol. The van der Waals surface area contributed by atoms with E-state index in [-0.39, 0.29) is 5.91 Å². The Labute approximate surface area is 263 Å². The van der Waals surface area contributed by atoms with Crippen LogP contribution in [0.15, 0.2) is 151 Å². The number of aryl methyl sites for hydroxylation is 1. The highest BCUT2D eigenvalue weighted by molar-refractivity contribution is 7.98. The second-order valence-electron chi connectivity index (χ2n) is 10.8. The van der Waals surface area contributed by atoms with Gasteiger partial charge in [-0.25, -0.2) is 0 Å². The SMILES string of the molecule is Cc1ccc(-n2c(SCc3ccccc3)nnc2C(Cc2ccccc2)NC(=O)C(c2ccccc2)c2ccccc2)cc1. The first-order valence-corrected chi connectivity index (χ1v) is 15.8. The third kappa shape index (κ3) is 6.99. The minimum Gasteiger partial charge on any atom is -0.345 e. The Bertz CT molecular complexity index is 1730. The maximum atomic E-state index is 14.4. The van der Waals surface area contributed by atoms with Gasteiger partial charge >= 0.3 is 0 Å². The first kappa shape index (κ1) is 29.1. The van der Waals surface area contributed by atoms with E-state index in [9.17, 15) is 4.79 Å². The molecule has 1 atom stereocenters. The second-order valence-corrected chi connectivity index (χ2v) is 11.7. The summed E-state index contributed by atoms with van der Waals surface area (Å²) in [4.78, 5) is 14.4. The van der Waals surface area contributed by atoms with E-state index in [1.54, 1.807) is 11.8 Å². The number of carbonyl (C=O) groups excluding carboxylic acids is 1. The van der Waals surface area contributed by atoms with Crippen LogP contribution in [0.3, 0.4) is 0 Å². The van der Waals surface area contributed by atoms with E-state index in [2.05, 4.69) is 70.4 Å². The van der Waals surface area contributed by atoms with E-state index in [1.807, 2.05) is 97.1 Å². The second kappa shape index (κ2) is 14.0. The Morgan fingerprint density at radius 1 is 0.682 bits per heavy atom. The van der Waals surface area contributed by atoms with Gasteiger partial charge in [0.25, 0.3) is 0 Å². The normalized spacial score (nSPS) is 11.8. The molecular formula is C38H34N4OS. The molecule has 6 aromatic rings. The molecule has 0 saturated heterocycles. The molecule has 6 heteroatoms. The van der Waals surface area contributed by atoms with Crippen LogP contribution in [0.1, 0.15) is 45.6 Å². The van der Waals surface area contributed by atoms with Gasteiger partial charge in [-0.15, -0.1) is 10.2 Å². The molecule has 0 radical (unpaired) electrons. The van der Waals surface area contributed by atoms with Crippen LogP contribution in [0.4, 0.5) is 0 Å². The van der Waals surface area contributed by atoms with Crippen molar-refractivity contribution in [1.82, 2.24) is 20.1 Å². The molecule has 0 fully saturated rings. The van der Waals surface area contributed by atoms with Crippen molar-refractivity contribution in [1.29, 1.82) is 0 Å².